The van der Waals surface area contributed by atoms with Crippen molar-refractivity contribution in [1.29, 1.82) is 0 Å². The van der Waals surface area contributed by atoms with Crippen LogP contribution in [0.1, 0.15) is 32.1 Å². The molecule has 106 valence electrons. The van der Waals surface area contributed by atoms with E-state index in [2.05, 4.69) is 10.0 Å². The first-order valence-electron chi connectivity index (χ1n) is 6.91. The molecule has 0 amide bonds. The van der Waals surface area contributed by atoms with Gasteiger partial charge in [-0.1, -0.05) is 6.42 Å². The maximum absolute atomic E-state index is 12.2. The molecule has 2 N–H and O–H groups in total. The summed E-state index contributed by atoms with van der Waals surface area (Å²) in [5.74, 6) is 1.34. The molecular weight excluding hydrogens is 250 g/mol. The highest BCUT2D eigenvalue weighted by Gasteiger charge is 2.41. The highest BCUT2D eigenvalue weighted by Crippen LogP contribution is 2.44. The summed E-state index contributed by atoms with van der Waals surface area (Å²) in [4.78, 5) is 0. The molecule has 2 saturated carbocycles. The van der Waals surface area contributed by atoms with Crippen LogP contribution in [0.3, 0.4) is 0 Å². The Morgan fingerprint density at radius 3 is 2.61 bits per heavy atom. The molecule has 2 rings (SSSR count). The van der Waals surface area contributed by atoms with E-state index < -0.39 is 10.2 Å². The van der Waals surface area contributed by atoms with E-state index in [-0.39, 0.29) is 6.04 Å². The molecule has 6 heteroatoms. The summed E-state index contributed by atoms with van der Waals surface area (Å²) in [6.45, 7) is 1.41. The fourth-order valence-corrected chi connectivity index (χ4v) is 4.49. The Morgan fingerprint density at radius 2 is 2.06 bits per heavy atom. The molecule has 2 aliphatic carbocycles. The molecule has 0 aromatic heterocycles. The van der Waals surface area contributed by atoms with Crippen LogP contribution in [0.5, 0.6) is 0 Å². The molecule has 18 heavy (non-hydrogen) atoms. The average Bonchev–Trinajstić information content (AvgIpc) is 2.90. The molecule has 0 aliphatic heterocycles. The average molecular weight is 275 g/mol. The zero-order valence-corrected chi connectivity index (χ0v) is 12.2. The van der Waals surface area contributed by atoms with Gasteiger partial charge < -0.3 is 5.32 Å². The van der Waals surface area contributed by atoms with E-state index in [1.54, 1.807) is 7.05 Å². The molecule has 2 bridgehead atoms. The van der Waals surface area contributed by atoms with Crippen LogP contribution in [0.2, 0.25) is 0 Å². The third-order valence-corrected chi connectivity index (χ3v) is 5.95. The van der Waals surface area contributed by atoms with Crippen molar-refractivity contribution in [2.45, 2.75) is 38.1 Å². The van der Waals surface area contributed by atoms with Gasteiger partial charge in [-0.25, -0.2) is 0 Å². The van der Waals surface area contributed by atoms with E-state index >= 15 is 0 Å². The lowest BCUT2D eigenvalue weighted by Crippen LogP contribution is -2.46. The van der Waals surface area contributed by atoms with Gasteiger partial charge in [0.15, 0.2) is 0 Å². The molecule has 0 aromatic rings. The summed E-state index contributed by atoms with van der Waals surface area (Å²) in [6.07, 6.45) is 5.58. The minimum Gasteiger partial charge on any atom is -0.320 e. The molecule has 0 spiro atoms. The largest absolute Gasteiger partial charge is 0.320 e. The summed E-state index contributed by atoms with van der Waals surface area (Å²) in [7, 11) is 0.244. The third-order valence-electron chi connectivity index (χ3n) is 4.35. The fourth-order valence-electron chi connectivity index (χ4n) is 3.27. The molecule has 0 aromatic carbocycles. The van der Waals surface area contributed by atoms with Crippen LogP contribution in [0, 0.1) is 11.8 Å². The Morgan fingerprint density at radius 1 is 1.28 bits per heavy atom. The number of rotatable bonds is 7. The van der Waals surface area contributed by atoms with E-state index in [0.29, 0.717) is 12.5 Å². The van der Waals surface area contributed by atoms with Crippen molar-refractivity contribution < 1.29 is 8.42 Å². The van der Waals surface area contributed by atoms with Gasteiger partial charge in [-0.05, 0) is 51.1 Å². The van der Waals surface area contributed by atoms with E-state index in [4.69, 9.17) is 0 Å². The van der Waals surface area contributed by atoms with Gasteiger partial charge in [-0.15, -0.1) is 0 Å². The van der Waals surface area contributed by atoms with Gasteiger partial charge in [-0.3, -0.25) is 0 Å². The molecule has 0 heterocycles. The SMILES string of the molecule is CNCCCN(C)S(=O)(=O)NC1CC2CCC1C2. The zero-order valence-electron chi connectivity index (χ0n) is 11.4. The van der Waals surface area contributed by atoms with E-state index in [1.165, 1.54) is 23.6 Å². The summed E-state index contributed by atoms with van der Waals surface area (Å²) >= 11 is 0. The van der Waals surface area contributed by atoms with Crippen LogP contribution in [-0.2, 0) is 10.2 Å². The smallest absolute Gasteiger partial charge is 0.279 e. The maximum atomic E-state index is 12.2. The lowest BCUT2D eigenvalue weighted by Gasteiger charge is -2.26. The molecule has 3 unspecified atom stereocenters. The van der Waals surface area contributed by atoms with Gasteiger partial charge in [-0.2, -0.15) is 17.4 Å². The predicted octanol–water partition coefficient (Wildman–Crippen LogP) is 0.551. The number of hydrogen-bond donors (Lipinski definition) is 2. The molecule has 0 saturated heterocycles. The van der Waals surface area contributed by atoms with Crippen molar-refractivity contribution in [3.63, 3.8) is 0 Å². The Labute approximate surface area is 110 Å². The van der Waals surface area contributed by atoms with Crippen LogP contribution in [-0.4, -0.2) is 45.9 Å². The third kappa shape index (κ3) is 3.23. The topological polar surface area (TPSA) is 61.4 Å². The van der Waals surface area contributed by atoms with Crippen LogP contribution >= 0.6 is 0 Å². The normalized spacial score (nSPS) is 31.4. The maximum Gasteiger partial charge on any atom is 0.279 e. The second kappa shape index (κ2) is 5.86. The van der Waals surface area contributed by atoms with Crippen LogP contribution in [0.4, 0.5) is 0 Å². The second-order valence-corrected chi connectivity index (χ2v) is 7.49. The van der Waals surface area contributed by atoms with Gasteiger partial charge in [0.25, 0.3) is 10.2 Å². The van der Waals surface area contributed by atoms with Crippen LogP contribution < -0.4 is 10.0 Å². The highest BCUT2D eigenvalue weighted by atomic mass is 32.2. The Bertz CT molecular complexity index is 372. The van der Waals surface area contributed by atoms with E-state index in [9.17, 15) is 8.42 Å². The molecular formula is C12H25N3O2S. The van der Waals surface area contributed by atoms with Gasteiger partial charge in [0.1, 0.15) is 0 Å². The Kier molecular flexibility index (Phi) is 4.64. The lowest BCUT2D eigenvalue weighted by atomic mass is 9.96. The molecule has 2 aliphatic rings. The Balaban J connectivity index is 1.83. The first-order chi connectivity index (χ1) is 8.53. The monoisotopic (exact) mass is 275 g/mol. The van der Waals surface area contributed by atoms with Gasteiger partial charge in [0.05, 0.1) is 0 Å². The standard InChI is InChI=1S/C12H25N3O2S/c1-13-6-3-7-15(2)18(16,17)14-12-9-10-4-5-11(12)8-10/h10-14H,3-9H2,1-2H3. The van der Waals surface area contributed by atoms with Crippen LogP contribution in [0.25, 0.3) is 0 Å². The Hall–Kier alpha value is -0.170. The van der Waals surface area contributed by atoms with E-state index in [0.717, 1.165) is 25.3 Å². The van der Waals surface area contributed by atoms with Gasteiger partial charge in [0.2, 0.25) is 0 Å². The zero-order chi connectivity index (χ0) is 13.2. The first kappa shape index (κ1) is 14.2. The molecule has 0 radical (unpaired) electrons. The summed E-state index contributed by atoms with van der Waals surface area (Å²) in [6, 6.07) is 0.181. The van der Waals surface area contributed by atoms with Gasteiger partial charge >= 0.3 is 0 Å². The van der Waals surface area contributed by atoms with Gasteiger partial charge in [0, 0.05) is 19.6 Å². The van der Waals surface area contributed by atoms with E-state index in [1.807, 2.05) is 7.05 Å². The number of nitrogens with one attached hydrogen (secondary N) is 2. The summed E-state index contributed by atoms with van der Waals surface area (Å²) in [5.41, 5.74) is 0. The van der Waals surface area contributed by atoms with Crippen LogP contribution in [0.15, 0.2) is 0 Å². The quantitative estimate of drug-likeness (QED) is 0.667. The predicted molar refractivity (Wildman–Crippen MR) is 72.5 cm³/mol. The minimum atomic E-state index is -3.29. The van der Waals surface area contributed by atoms with Crippen molar-refractivity contribution in [3.05, 3.63) is 0 Å². The second-order valence-electron chi connectivity index (χ2n) is 5.68. The highest BCUT2D eigenvalue weighted by molar-refractivity contribution is 7.87. The van der Waals surface area contributed by atoms with Crippen molar-refractivity contribution >= 4 is 10.2 Å². The lowest BCUT2D eigenvalue weighted by molar-refractivity contribution is 0.372. The minimum absolute atomic E-state index is 0.181. The first-order valence-corrected chi connectivity index (χ1v) is 8.35. The van der Waals surface area contributed by atoms with Crippen molar-refractivity contribution in [1.82, 2.24) is 14.3 Å². The number of fused-ring (bicyclic) bond motifs is 2. The van der Waals surface area contributed by atoms with Crippen molar-refractivity contribution in [3.8, 4) is 0 Å². The summed E-state index contributed by atoms with van der Waals surface area (Å²) < 4.78 is 28.6. The number of nitrogens with zero attached hydrogens (tertiary/aromatic N) is 1. The molecule has 2 fully saturated rings. The van der Waals surface area contributed by atoms with Crippen molar-refractivity contribution in [2.75, 3.05) is 27.2 Å². The molecule has 5 nitrogen and oxygen atoms in total. The fraction of sp³-hybridized carbons (Fsp3) is 1.00. The summed E-state index contributed by atoms with van der Waals surface area (Å²) in [5, 5.41) is 3.03. The number of hydrogen-bond acceptors (Lipinski definition) is 3. The molecule has 3 atom stereocenters. The van der Waals surface area contributed by atoms with Crippen molar-refractivity contribution in [2.24, 2.45) is 11.8 Å².